The molecule has 0 aromatic heterocycles. The molecule has 1 aromatic carbocycles. The van der Waals surface area contributed by atoms with E-state index < -0.39 is 0 Å². The monoisotopic (exact) mass is 318 g/mol. The highest BCUT2D eigenvalue weighted by atomic mass is 16.5. The molecule has 1 heterocycles. The van der Waals surface area contributed by atoms with E-state index in [2.05, 4.69) is 12.2 Å². The maximum absolute atomic E-state index is 12.6. The van der Waals surface area contributed by atoms with Gasteiger partial charge in [-0.1, -0.05) is 12.1 Å². The Hall–Kier alpha value is -2.04. The largest absolute Gasteiger partial charge is 0.497 e. The minimum atomic E-state index is -0.306. The number of nitrogens with zero attached hydrogens (tertiary/aromatic N) is 1. The van der Waals surface area contributed by atoms with Crippen LogP contribution in [0.5, 0.6) is 5.75 Å². The molecule has 1 N–H and O–H groups in total. The van der Waals surface area contributed by atoms with Crippen LogP contribution >= 0.6 is 0 Å². The third-order valence-corrected chi connectivity index (χ3v) is 4.40. The summed E-state index contributed by atoms with van der Waals surface area (Å²) in [6.07, 6.45) is 3.58. The Labute approximate surface area is 138 Å². The number of likely N-dealkylation sites (tertiary alicyclic amines) is 1. The summed E-state index contributed by atoms with van der Waals surface area (Å²) < 4.78 is 5.16. The van der Waals surface area contributed by atoms with Crippen molar-refractivity contribution in [2.75, 3.05) is 13.7 Å². The summed E-state index contributed by atoms with van der Waals surface area (Å²) in [5.41, 5.74) is 0.916. The van der Waals surface area contributed by atoms with Gasteiger partial charge in [0.1, 0.15) is 5.75 Å². The van der Waals surface area contributed by atoms with Crippen molar-refractivity contribution in [2.45, 2.75) is 51.6 Å². The van der Waals surface area contributed by atoms with Gasteiger partial charge in [-0.25, -0.2) is 0 Å². The lowest BCUT2D eigenvalue weighted by Gasteiger charge is -2.34. The van der Waals surface area contributed by atoms with Crippen LogP contribution in [0.2, 0.25) is 0 Å². The van der Waals surface area contributed by atoms with E-state index in [1.165, 1.54) is 13.3 Å². The van der Waals surface area contributed by atoms with Crippen molar-refractivity contribution in [2.24, 2.45) is 0 Å². The van der Waals surface area contributed by atoms with Crippen LogP contribution in [0.3, 0.4) is 0 Å². The van der Waals surface area contributed by atoms with Gasteiger partial charge in [0.25, 0.3) is 0 Å². The van der Waals surface area contributed by atoms with Gasteiger partial charge in [0, 0.05) is 19.5 Å². The molecule has 1 aliphatic heterocycles. The Morgan fingerprint density at radius 2 is 2.00 bits per heavy atom. The van der Waals surface area contributed by atoms with Gasteiger partial charge >= 0.3 is 0 Å². The molecule has 2 atom stereocenters. The van der Waals surface area contributed by atoms with E-state index >= 15 is 0 Å². The van der Waals surface area contributed by atoms with E-state index in [-0.39, 0.29) is 30.3 Å². The SMILES string of the molecule is COc1ccc([C@H](CC(=O)N2CCCC[C@@H]2C)NC(C)=O)cc1. The van der Waals surface area contributed by atoms with Crippen LogP contribution < -0.4 is 10.1 Å². The van der Waals surface area contributed by atoms with E-state index in [1.807, 2.05) is 29.2 Å². The molecule has 0 spiro atoms. The van der Waals surface area contributed by atoms with E-state index in [0.717, 1.165) is 30.7 Å². The van der Waals surface area contributed by atoms with Gasteiger partial charge in [-0.05, 0) is 43.9 Å². The lowest BCUT2D eigenvalue weighted by molar-refractivity contribution is -0.135. The third-order valence-electron chi connectivity index (χ3n) is 4.40. The molecule has 5 nitrogen and oxygen atoms in total. The second-order valence-electron chi connectivity index (χ2n) is 6.16. The molecule has 0 bridgehead atoms. The Morgan fingerprint density at radius 1 is 1.30 bits per heavy atom. The highest BCUT2D eigenvalue weighted by Crippen LogP contribution is 2.24. The zero-order valence-electron chi connectivity index (χ0n) is 14.2. The summed E-state index contributed by atoms with van der Waals surface area (Å²) in [6.45, 7) is 4.39. The molecule has 2 rings (SSSR count). The highest BCUT2D eigenvalue weighted by Gasteiger charge is 2.26. The molecular weight excluding hydrogens is 292 g/mol. The van der Waals surface area contributed by atoms with Gasteiger partial charge in [0.2, 0.25) is 11.8 Å². The fourth-order valence-corrected chi connectivity index (χ4v) is 3.09. The number of amides is 2. The van der Waals surface area contributed by atoms with Crippen LogP contribution in [0.25, 0.3) is 0 Å². The number of carbonyl (C=O) groups is 2. The second-order valence-corrected chi connectivity index (χ2v) is 6.16. The zero-order chi connectivity index (χ0) is 16.8. The molecule has 0 unspecified atom stereocenters. The first-order valence-electron chi connectivity index (χ1n) is 8.21. The van der Waals surface area contributed by atoms with Crippen molar-refractivity contribution >= 4 is 11.8 Å². The Balaban J connectivity index is 2.10. The van der Waals surface area contributed by atoms with Crippen LogP contribution in [0, 0.1) is 0 Å². The molecule has 5 heteroatoms. The molecule has 0 aliphatic carbocycles. The van der Waals surface area contributed by atoms with Crippen LogP contribution in [-0.4, -0.2) is 36.4 Å². The topological polar surface area (TPSA) is 58.6 Å². The number of ether oxygens (including phenoxy) is 1. The van der Waals surface area contributed by atoms with Gasteiger partial charge in [-0.2, -0.15) is 0 Å². The molecule has 23 heavy (non-hydrogen) atoms. The maximum Gasteiger partial charge on any atom is 0.225 e. The average Bonchev–Trinajstić information content (AvgIpc) is 2.54. The lowest BCUT2D eigenvalue weighted by Crippen LogP contribution is -2.43. The summed E-state index contributed by atoms with van der Waals surface area (Å²) in [4.78, 5) is 26.1. The first-order chi connectivity index (χ1) is 11.0. The maximum atomic E-state index is 12.6. The fraction of sp³-hybridized carbons (Fsp3) is 0.556. The quantitative estimate of drug-likeness (QED) is 0.908. The van der Waals surface area contributed by atoms with E-state index in [4.69, 9.17) is 4.74 Å². The fourth-order valence-electron chi connectivity index (χ4n) is 3.09. The highest BCUT2D eigenvalue weighted by molar-refractivity contribution is 5.79. The number of methoxy groups -OCH3 is 1. The number of hydrogen-bond donors (Lipinski definition) is 1. The zero-order valence-corrected chi connectivity index (χ0v) is 14.2. The first-order valence-corrected chi connectivity index (χ1v) is 8.21. The van der Waals surface area contributed by atoms with Crippen LogP contribution in [0.15, 0.2) is 24.3 Å². The van der Waals surface area contributed by atoms with Crippen molar-refractivity contribution in [1.82, 2.24) is 10.2 Å². The number of rotatable bonds is 5. The Bertz CT molecular complexity index is 542. The Kier molecular flexibility index (Phi) is 6.02. The molecule has 0 radical (unpaired) electrons. The van der Waals surface area contributed by atoms with Crippen LogP contribution in [0.1, 0.15) is 51.1 Å². The van der Waals surface area contributed by atoms with Crippen molar-refractivity contribution in [3.63, 3.8) is 0 Å². The van der Waals surface area contributed by atoms with Gasteiger partial charge in [0.15, 0.2) is 0 Å². The molecule has 2 amide bonds. The standard InChI is InChI=1S/C18H26N2O3/c1-13-6-4-5-11-20(13)18(22)12-17(19-14(2)21)15-7-9-16(23-3)10-8-15/h7-10,13,17H,4-6,11-12H2,1-3H3,(H,19,21)/t13-,17-/m0/s1. The van der Waals surface area contributed by atoms with E-state index in [1.54, 1.807) is 7.11 Å². The lowest BCUT2D eigenvalue weighted by atomic mass is 9.99. The molecule has 1 saturated heterocycles. The number of nitrogens with one attached hydrogen (secondary N) is 1. The molecule has 1 fully saturated rings. The van der Waals surface area contributed by atoms with Gasteiger partial charge in [-0.15, -0.1) is 0 Å². The van der Waals surface area contributed by atoms with Crippen LogP contribution in [0.4, 0.5) is 0 Å². The van der Waals surface area contributed by atoms with Crippen molar-refractivity contribution in [1.29, 1.82) is 0 Å². The predicted molar refractivity (Wildman–Crippen MR) is 89.2 cm³/mol. The predicted octanol–water partition coefficient (Wildman–Crippen LogP) is 2.66. The number of hydrogen-bond acceptors (Lipinski definition) is 3. The summed E-state index contributed by atoms with van der Waals surface area (Å²) >= 11 is 0. The van der Waals surface area contributed by atoms with E-state index in [0.29, 0.717) is 0 Å². The van der Waals surface area contributed by atoms with Gasteiger partial charge < -0.3 is 15.0 Å². The molecule has 126 valence electrons. The molecule has 1 aromatic rings. The molecule has 1 aliphatic rings. The summed E-state index contributed by atoms with van der Waals surface area (Å²) in [5, 5.41) is 2.89. The average molecular weight is 318 g/mol. The smallest absolute Gasteiger partial charge is 0.225 e. The van der Waals surface area contributed by atoms with Crippen molar-refractivity contribution in [3.05, 3.63) is 29.8 Å². The van der Waals surface area contributed by atoms with Crippen molar-refractivity contribution < 1.29 is 14.3 Å². The summed E-state index contributed by atoms with van der Waals surface area (Å²) in [7, 11) is 1.61. The minimum Gasteiger partial charge on any atom is -0.497 e. The minimum absolute atomic E-state index is 0.103. The molecular formula is C18H26N2O3. The number of carbonyl (C=O) groups excluding carboxylic acids is 2. The van der Waals surface area contributed by atoms with E-state index in [9.17, 15) is 9.59 Å². The third kappa shape index (κ3) is 4.71. The first kappa shape index (κ1) is 17.3. The Morgan fingerprint density at radius 3 is 2.57 bits per heavy atom. The number of piperidine rings is 1. The summed E-state index contributed by atoms with van der Waals surface area (Å²) in [5.74, 6) is 0.725. The van der Waals surface area contributed by atoms with Gasteiger partial charge in [-0.3, -0.25) is 9.59 Å². The summed E-state index contributed by atoms with van der Waals surface area (Å²) in [6, 6.07) is 7.46. The second kappa shape index (κ2) is 7.99. The normalized spacial score (nSPS) is 19.1. The number of benzene rings is 1. The van der Waals surface area contributed by atoms with Gasteiger partial charge in [0.05, 0.1) is 19.6 Å². The van der Waals surface area contributed by atoms with Crippen LogP contribution in [-0.2, 0) is 9.59 Å². The molecule has 0 saturated carbocycles. The van der Waals surface area contributed by atoms with Crippen molar-refractivity contribution in [3.8, 4) is 5.75 Å².